The fourth-order valence-electron chi connectivity index (χ4n) is 3.91. The number of primary amides is 1. The Labute approximate surface area is 198 Å². The van der Waals surface area contributed by atoms with E-state index in [-0.39, 0.29) is 16.4 Å². The average Bonchev–Trinajstić information content (AvgIpc) is 3.08. The number of ether oxygens (including phenoxy) is 1. The molecule has 0 aliphatic heterocycles. The van der Waals surface area contributed by atoms with E-state index >= 15 is 0 Å². The number of amides is 2. The van der Waals surface area contributed by atoms with E-state index in [0.29, 0.717) is 34.4 Å². The highest BCUT2D eigenvalue weighted by atomic mass is 32.1. The lowest BCUT2D eigenvalue weighted by atomic mass is 9.72. The van der Waals surface area contributed by atoms with Gasteiger partial charge < -0.3 is 15.8 Å². The quantitative estimate of drug-likeness (QED) is 0.518. The lowest BCUT2D eigenvalue weighted by Crippen LogP contribution is -2.34. The lowest BCUT2D eigenvalue weighted by Gasteiger charge is -2.33. The van der Waals surface area contributed by atoms with Crippen molar-refractivity contribution in [1.82, 2.24) is 5.32 Å². The highest BCUT2D eigenvalue weighted by Crippen LogP contribution is 2.44. The largest absolute Gasteiger partial charge is 0.494 e. The molecule has 3 rings (SSSR count). The molecule has 172 valence electrons. The van der Waals surface area contributed by atoms with Crippen LogP contribution in [-0.4, -0.2) is 23.5 Å². The predicted octanol–water partition coefficient (Wildman–Crippen LogP) is 4.91. The number of hydrogen-bond acceptors (Lipinski definition) is 5. The molecule has 2 aromatic rings. The Bertz CT molecular complexity index is 1010. The van der Waals surface area contributed by atoms with Crippen LogP contribution in [0.3, 0.4) is 0 Å². The molecule has 6 nitrogen and oxygen atoms in total. The molecule has 0 radical (unpaired) electrons. The normalized spacial score (nSPS) is 15.6. The van der Waals surface area contributed by atoms with Crippen LogP contribution in [0.25, 0.3) is 0 Å². The van der Waals surface area contributed by atoms with Gasteiger partial charge in [0.2, 0.25) is 0 Å². The molecule has 1 aromatic carbocycles. The summed E-state index contributed by atoms with van der Waals surface area (Å²) in [5.41, 5.74) is 7.88. The molecule has 0 bridgehead atoms. The Kier molecular flexibility index (Phi) is 7.56. The van der Waals surface area contributed by atoms with Crippen LogP contribution in [-0.2, 0) is 12.8 Å². The number of anilines is 1. The number of fused-ring (bicyclic) bond motifs is 1. The summed E-state index contributed by atoms with van der Waals surface area (Å²) < 4.78 is 5.54. The monoisotopic (exact) mass is 473 g/mol. The number of thiocarbonyl (C=S) groups is 1. The Balaban J connectivity index is 1.70. The predicted molar refractivity (Wildman–Crippen MR) is 134 cm³/mol. The first-order valence-corrected chi connectivity index (χ1v) is 12.1. The molecule has 32 heavy (non-hydrogen) atoms. The minimum Gasteiger partial charge on any atom is -0.494 e. The first kappa shape index (κ1) is 24.2. The van der Waals surface area contributed by atoms with Gasteiger partial charge in [0.25, 0.3) is 11.8 Å². The molecule has 1 aliphatic carbocycles. The SMILES string of the molecule is CCCOc1ccc(C(=O)NC(=S)Nc2sc3c(c2C(N)=O)CC[C@@H](C(C)(C)C)C3)cc1. The zero-order chi connectivity index (χ0) is 23.5. The van der Waals surface area contributed by atoms with Gasteiger partial charge in [-0.25, -0.2) is 0 Å². The minimum absolute atomic E-state index is 0.134. The van der Waals surface area contributed by atoms with Crippen LogP contribution in [0.15, 0.2) is 24.3 Å². The zero-order valence-electron chi connectivity index (χ0n) is 19.0. The first-order chi connectivity index (χ1) is 15.1. The zero-order valence-corrected chi connectivity index (χ0v) is 20.7. The van der Waals surface area contributed by atoms with E-state index in [1.807, 2.05) is 6.92 Å². The highest BCUT2D eigenvalue weighted by molar-refractivity contribution is 7.80. The van der Waals surface area contributed by atoms with Gasteiger partial charge in [-0.05, 0) is 79.1 Å². The summed E-state index contributed by atoms with van der Waals surface area (Å²) in [6.45, 7) is 9.40. The van der Waals surface area contributed by atoms with E-state index in [1.54, 1.807) is 24.3 Å². The fourth-order valence-corrected chi connectivity index (χ4v) is 5.50. The van der Waals surface area contributed by atoms with Crippen LogP contribution in [0.1, 0.15) is 71.7 Å². The van der Waals surface area contributed by atoms with Gasteiger partial charge in [0.05, 0.1) is 12.2 Å². The van der Waals surface area contributed by atoms with Crippen molar-refractivity contribution in [2.24, 2.45) is 17.1 Å². The smallest absolute Gasteiger partial charge is 0.257 e. The van der Waals surface area contributed by atoms with Crippen LogP contribution in [0.4, 0.5) is 5.00 Å². The highest BCUT2D eigenvalue weighted by Gasteiger charge is 2.33. The summed E-state index contributed by atoms with van der Waals surface area (Å²) in [5.74, 6) is 0.446. The summed E-state index contributed by atoms with van der Waals surface area (Å²) >= 11 is 6.86. The number of thiophene rings is 1. The van der Waals surface area contributed by atoms with Crippen molar-refractivity contribution in [3.05, 3.63) is 45.8 Å². The molecule has 0 saturated heterocycles. The number of hydrogen-bond donors (Lipinski definition) is 3. The fraction of sp³-hybridized carbons (Fsp3) is 0.458. The number of benzene rings is 1. The van der Waals surface area contributed by atoms with Crippen LogP contribution < -0.4 is 21.1 Å². The van der Waals surface area contributed by atoms with Gasteiger partial charge in [-0.3, -0.25) is 14.9 Å². The maximum atomic E-state index is 12.6. The second-order valence-corrected chi connectivity index (χ2v) is 10.7. The van der Waals surface area contributed by atoms with Crippen molar-refractivity contribution in [1.29, 1.82) is 0 Å². The van der Waals surface area contributed by atoms with Gasteiger partial charge in [0, 0.05) is 10.4 Å². The minimum atomic E-state index is -0.476. The standard InChI is InChI=1S/C24H31N3O3S2/c1-5-12-30-16-9-6-14(7-10-16)21(29)26-23(31)27-22-19(20(25)28)17-11-8-15(24(2,3)4)13-18(17)32-22/h6-7,9-10,15H,5,8,11-13H2,1-4H3,(H2,25,28)(H2,26,27,29,31)/t15-/m1/s1. The van der Waals surface area contributed by atoms with Crippen molar-refractivity contribution in [2.75, 3.05) is 11.9 Å². The third kappa shape index (κ3) is 5.66. The summed E-state index contributed by atoms with van der Waals surface area (Å²) in [6, 6.07) is 6.89. The van der Waals surface area contributed by atoms with Crippen LogP contribution in [0.5, 0.6) is 5.75 Å². The van der Waals surface area contributed by atoms with Crippen molar-refractivity contribution >= 4 is 45.5 Å². The molecule has 1 aliphatic rings. The molecule has 1 atom stereocenters. The molecular weight excluding hydrogens is 442 g/mol. The van der Waals surface area contributed by atoms with Gasteiger partial charge in [-0.2, -0.15) is 0 Å². The Hall–Kier alpha value is -2.45. The third-order valence-electron chi connectivity index (χ3n) is 5.78. The summed E-state index contributed by atoms with van der Waals surface area (Å²) in [5, 5.41) is 6.45. The van der Waals surface area contributed by atoms with Gasteiger partial charge in [0.15, 0.2) is 5.11 Å². The summed E-state index contributed by atoms with van der Waals surface area (Å²) in [6.07, 6.45) is 3.67. The van der Waals surface area contributed by atoms with Crippen LogP contribution in [0.2, 0.25) is 0 Å². The Morgan fingerprint density at radius 2 is 1.94 bits per heavy atom. The van der Waals surface area contributed by atoms with Crippen molar-refractivity contribution in [3.63, 3.8) is 0 Å². The number of carbonyl (C=O) groups excluding carboxylic acids is 2. The van der Waals surface area contributed by atoms with Crippen LogP contribution in [0, 0.1) is 11.3 Å². The van der Waals surface area contributed by atoms with E-state index in [2.05, 4.69) is 31.4 Å². The molecular formula is C24H31N3O3S2. The van der Waals surface area contributed by atoms with Gasteiger partial charge in [0.1, 0.15) is 10.8 Å². The molecule has 0 saturated carbocycles. The Morgan fingerprint density at radius 1 is 1.25 bits per heavy atom. The summed E-state index contributed by atoms with van der Waals surface area (Å²) in [7, 11) is 0. The number of rotatable bonds is 6. The molecule has 1 aromatic heterocycles. The van der Waals surface area contributed by atoms with E-state index in [1.165, 1.54) is 16.2 Å². The van der Waals surface area contributed by atoms with E-state index in [9.17, 15) is 9.59 Å². The number of nitrogens with one attached hydrogen (secondary N) is 2. The van der Waals surface area contributed by atoms with E-state index in [4.69, 9.17) is 22.7 Å². The molecule has 2 amide bonds. The molecule has 1 heterocycles. The van der Waals surface area contributed by atoms with Crippen molar-refractivity contribution in [3.8, 4) is 5.75 Å². The second kappa shape index (κ2) is 10.0. The summed E-state index contributed by atoms with van der Waals surface area (Å²) in [4.78, 5) is 26.0. The number of carbonyl (C=O) groups is 2. The molecule has 8 heteroatoms. The van der Waals surface area contributed by atoms with E-state index in [0.717, 1.165) is 31.2 Å². The average molecular weight is 474 g/mol. The topological polar surface area (TPSA) is 93.4 Å². The maximum Gasteiger partial charge on any atom is 0.257 e. The van der Waals surface area contributed by atoms with Crippen LogP contribution >= 0.6 is 23.6 Å². The number of nitrogens with two attached hydrogens (primary N) is 1. The van der Waals surface area contributed by atoms with Crippen molar-refractivity contribution < 1.29 is 14.3 Å². The third-order valence-corrected chi connectivity index (χ3v) is 7.15. The molecule has 4 N–H and O–H groups in total. The molecule has 0 unspecified atom stereocenters. The first-order valence-electron chi connectivity index (χ1n) is 10.9. The maximum absolute atomic E-state index is 12.6. The van der Waals surface area contributed by atoms with E-state index < -0.39 is 5.91 Å². The second-order valence-electron chi connectivity index (χ2n) is 9.16. The Morgan fingerprint density at radius 3 is 2.53 bits per heavy atom. The molecule has 0 spiro atoms. The van der Waals surface area contributed by atoms with Gasteiger partial charge >= 0.3 is 0 Å². The lowest BCUT2D eigenvalue weighted by molar-refractivity contribution is 0.0975. The van der Waals surface area contributed by atoms with Gasteiger partial charge in [-0.15, -0.1) is 11.3 Å². The van der Waals surface area contributed by atoms with Gasteiger partial charge in [-0.1, -0.05) is 27.7 Å². The molecule has 0 fully saturated rings. The van der Waals surface area contributed by atoms with Crippen molar-refractivity contribution in [2.45, 2.75) is 53.4 Å².